The molecule has 0 fully saturated rings. The summed E-state index contributed by atoms with van der Waals surface area (Å²) in [5, 5.41) is 17.0. The maximum absolute atomic E-state index is 12.2. The average Bonchev–Trinajstić information content (AvgIpc) is 2.58. The van der Waals surface area contributed by atoms with Crippen LogP contribution < -0.4 is 10.6 Å². The number of nitrogens with one attached hydrogen (secondary N) is 2. The van der Waals surface area contributed by atoms with Gasteiger partial charge < -0.3 is 10.6 Å². The summed E-state index contributed by atoms with van der Waals surface area (Å²) in [5.74, 6) is -0.312. The van der Waals surface area contributed by atoms with E-state index in [2.05, 4.69) is 26.6 Å². The largest absolute Gasteiger partial charge is 0.319 e. The van der Waals surface area contributed by atoms with E-state index < -0.39 is 4.92 Å². The van der Waals surface area contributed by atoms with Crippen molar-refractivity contribution in [2.24, 2.45) is 0 Å². The summed E-state index contributed by atoms with van der Waals surface area (Å²) >= 11 is 3.40. The normalized spacial score (nSPS) is 11.8. The lowest BCUT2D eigenvalue weighted by molar-refractivity contribution is -0.384. The lowest BCUT2D eigenvalue weighted by atomic mass is 10.0. The molecule has 0 heterocycles. The average molecular weight is 406 g/mol. The van der Waals surface area contributed by atoms with E-state index in [0.29, 0.717) is 5.56 Å². The lowest BCUT2D eigenvalue weighted by Gasteiger charge is -2.17. The number of halogens is 1. The predicted molar refractivity (Wildman–Crippen MR) is 102 cm³/mol. The molecule has 2 aromatic rings. The van der Waals surface area contributed by atoms with Gasteiger partial charge in [0.2, 0.25) is 5.91 Å². The van der Waals surface area contributed by atoms with Gasteiger partial charge in [0.15, 0.2) is 0 Å². The smallest absolute Gasteiger partial charge is 0.293 e. The molecular weight excluding hydrogens is 386 g/mol. The van der Waals surface area contributed by atoms with Crippen molar-refractivity contribution in [1.29, 1.82) is 0 Å². The third-order valence-corrected chi connectivity index (χ3v) is 4.43. The fourth-order valence-corrected chi connectivity index (χ4v) is 2.82. The molecule has 0 saturated carbocycles. The molecule has 132 valence electrons. The van der Waals surface area contributed by atoms with Crippen molar-refractivity contribution in [3.8, 4) is 0 Å². The molecule has 2 rings (SSSR count). The Morgan fingerprint density at radius 1 is 1.24 bits per heavy atom. The Balaban J connectivity index is 2.03. The van der Waals surface area contributed by atoms with Crippen LogP contribution in [0.2, 0.25) is 0 Å². The van der Waals surface area contributed by atoms with Crippen molar-refractivity contribution in [3.05, 3.63) is 68.2 Å². The van der Waals surface area contributed by atoms with Crippen LogP contribution in [0.5, 0.6) is 0 Å². The van der Waals surface area contributed by atoms with E-state index in [9.17, 15) is 14.9 Å². The number of nitro groups is 1. The summed E-state index contributed by atoms with van der Waals surface area (Å²) in [5.41, 5.74) is 1.88. The first kappa shape index (κ1) is 19.1. The highest BCUT2D eigenvalue weighted by Crippen LogP contribution is 2.27. The van der Waals surface area contributed by atoms with E-state index in [1.54, 1.807) is 19.1 Å². The molecule has 25 heavy (non-hydrogen) atoms. The first-order chi connectivity index (χ1) is 11.9. The number of nitro benzene ring substituents is 1. The molecule has 1 atom stereocenters. The van der Waals surface area contributed by atoms with Gasteiger partial charge in [-0.15, -0.1) is 0 Å². The van der Waals surface area contributed by atoms with Crippen LogP contribution in [0.3, 0.4) is 0 Å². The predicted octanol–water partition coefficient (Wildman–Crippen LogP) is 4.35. The van der Waals surface area contributed by atoms with Crippen molar-refractivity contribution in [2.45, 2.75) is 26.3 Å². The van der Waals surface area contributed by atoms with Crippen LogP contribution >= 0.6 is 15.9 Å². The molecule has 0 unspecified atom stereocenters. The lowest BCUT2D eigenvalue weighted by Crippen LogP contribution is -2.31. The highest BCUT2D eigenvalue weighted by atomic mass is 79.9. The molecule has 0 aliphatic carbocycles. The maximum Gasteiger partial charge on any atom is 0.293 e. The standard InChI is InChI=1S/C18H20BrN3O3/c1-3-15(13-7-9-14(19)10-8-13)20-11-17(23)21-18-12(2)5-4-6-16(18)22(24)25/h4-10,15,20H,3,11H2,1-2H3,(H,21,23)/t15-/m0/s1. The van der Waals surface area contributed by atoms with Crippen LogP contribution in [0.25, 0.3) is 0 Å². The summed E-state index contributed by atoms with van der Waals surface area (Å²) in [6.07, 6.45) is 0.819. The van der Waals surface area contributed by atoms with Gasteiger partial charge in [0, 0.05) is 16.6 Å². The Bertz CT molecular complexity index is 763. The van der Waals surface area contributed by atoms with Gasteiger partial charge in [-0.2, -0.15) is 0 Å². The van der Waals surface area contributed by atoms with Gasteiger partial charge in [-0.25, -0.2) is 0 Å². The topological polar surface area (TPSA) is 84.3 Å². The van der Waals surface area contributed by atoms with E-state index in [-0.39, 0.29) is 29.9 Å². The molecule has 2 N–H and O–H groups in total. The van der Waals surface area contributed by atoms with Crippen molar-refractivity contribution >= 4 is 33.2 Å². The second-order valence-corrected chi connectivity index (χ2v) is 6.58. The van der Waals surface area contributed by atoms with Gasteiger partial charge in [0.1, 0.15) is 5.69 Å². The van der Waals surface area contributed by atoms with Crippen LogP contribution in [-0.2, 0) is 4.79 Å². The number of para-hydroxylation sites is 1. The van der Waals surface area contributed by atoms with Gasteiger partial charge in [-0.1, -0.05) is 47.1 Å². The van der Waals surface area contributed by atoms with Crippen molar-refractivity contribution in [1.82, 2.24) is 5.32 Å². The number of carbonyl (C=O) groups excluding carboxylic acids is 1. The Labute approximate surface area is 154 Å². The van der Waals surface area contributed by atoms with E-state index in [0.717, 1.165) is 16.5 Å². The Morgan fingerprint density at radius 2 is 1.92 bits per heavy atom. The Hall–Kier alpha value is -2.25. The highest BCUT2D eigenvalue weighted by Gasteiger charge is 2.18. The number of hydrogen-bond acceptors (Lipinski definition) is 4. The Kier molecular flexibility index (Phi) is 6.66. The van der Waals surface area contributed by atoms with Crippen LogP contribution in [0.1, 0.15) is 30.5 Å². The molecule has 0 spiro atoms. The third-order valence-electron chi connectivity index (χ3n) is 3.90. The number of hydrogen-bond donors (Lipinski definition) is 2. The number of aryl methyl sites for hydroxylation is 1. The maximum atomic E-state index is 12.2. The number of amides is 1. The van der Waals surface area contributed by atoms with Crippen molar-refractivity contribution < 1.29 is 9.72 Å². The molecule has 1 amide bonds. The van der Waals surface area contributed by atoms with Crippen molar-refractivity contribution in [2.75, 3.05) is 11.9 Å². The SMILES string of the molecule is CC[C@H](NCC(=O)Nc1c(C)cccc1[N+](=O)[O-])c1ccc(Br)cc1. The fraction of sp³-hybridized carbons (Fsp3) is 0.278. The zero-order chi connectivity index (χ0) is 18.4. The number of nitrogens with zero attached hydrogens (tertiary/aromatic N) is 1. The fourth-order valence-electron chi connectivity index (χ4n) is 2.56. The van der Waals surface area contributed by atoms with Crippen LogP contribution in [0.4, 0.5) is 11.4 Å². The second kappa shape index (κ2) is 8.73. The minimum absolute atomic E-state index is 0.0331. The second-order valence-electron chi connectivity index (χ2n) is 5.67. The zero-order valence-corrected chi connectivity index (χ0v) is 15.7. The number of anilines is 1. The number of benzene rings is 2. The molecular formula is C18H20BrN3O3. The number of rotatable bonds is 7. The summed E-state index contributed by atoms with van der Waals surface area (Å²) in [6, 6.07) is 12.6. The van der Waals surface area contributed by atoms with Gasteiger partial charge in [0.05, 0.1) is 11.5 Å². The number of carbonyl (C=O) groups is 1. The highest BCUT2D eigenvalue weighted by molar-refractivity contribution is 9.10. The van der Waals surface area contributed by atoms with Gasteiger partial charge >= 0.3 is 0 Å². The van der Waals surface area contributed by atoms with Crippen LogP contribution in [-0.4, -0.2) is 17.4 Å². The summed E-state index contributed by atoms with van der Waals surface area (Å²) in [6.45, 7) is 3.83. The zero-order valence-electron chi connectivity index (χ0n) is 14.1. The molecule has 2 aromatic carbocycles. The summed E-state index contributed by atoms with van der Waals surface area (Å²) in [4.78, 5) is 22.9. The molecule has 0 aliphatic rings. The van der Waals surface area contributed by atoms with Gasteiger partial charge in [-0.3, -0.25) is 14.9 Å². The van der Waals surface area contributed by atoms with Gasteiger partial charge in [-0.05, 0) is 36.6 Å². The molecule has 0 aromatic heterocycles. The van der Waals surface area contributed by atoms with E-state index >= 15 is 0 Å². The van der Waals surface area contributed by atoms with E-state index in [4.69, 9.17) is 0 Å². The monoisotopic (exact) mass is 405 g/mol. The molecule has 7 heteroatoms. The van der Waals surface area contributed by atoms with Gasteiger partial charge in [0.25, 0.3) is 5.69 Å². The minimum Gasteiger partial charge on any atom is -0.319 e. The Morgan fingerprint density at radius 3 is 2.52 bits per heavy atom. The third kappa shape index (κ3) is 5.11. The van der Waals surface area contributed by atoms with E-state index in [1.165, 1.54) is 6.07 Å². The summed E-state index contributed by atoms with van der Waals surface area (Å²) < 4.78 is 0.996. The van der Waals surface area contributed by atoms with E-state index in [1.807, 2.05) is 31.2 Å². The first-order valence-corrected chi connectivity index (χ1v) is 8.74. The molecule has 0 radical (unpaired) electrons. The molecule has 0 saturated heterocycles. The molecule has 0 aliphatic heterocycles. The van der Waals surface area contributed by atoms with Crippen LogP contribution in [0.15, 0.2) is 46.9 Å². The first-order valence-electron chi connectivity index (χ1n) is 7.95. The molecule has 0 bridgehead atoms. The van der Waals surface area contributed by atoms with Crippen molar-refractivity contribution in [3.63, 3.8) is 0 Å². The van der Waals surface area contributed by atoms with Crippen LogP contribution in [0, 0.1) is 17.0 Å². The molecule has 6 nitrogen and oxygen atoms in total. The quantitative estimate of drug-likeness (QED) is 0.529. The minimum atomic E-state index is -0.493. The summed E-state index contributed by atoms with van der Waals surface area (Å²) in [7, 11) is 0.